The number of carboxylic acid groups (broad SMARTS) is 1. The van der Waals surface area contributed by atoms with E-state index in [0.717, 1.165) is 0 Å². The van der Waals surface area contributed by atoms with Gasteiger partial charge in [0.2, 0.25) is 5.91 Å². The fourth-order valence-corrected chi connectivity index (χ4v) is 1.97. The van der Waals surface area contributed by atoms with Gasteiger partial charge in [-0.2, -0.15) is 5.26 Å². The highest BCUT2D eigenvalue weighted by molar-refractivity contribution is 5.96. The van der Waals surface area contributed by atoms with Crippen LogP contribution in [0.1, 0.15) is 5.56 Å². The lowest BCUT2D eigenvalue weighted by atomic mass is 10.1. The molecule has 2 rings (SSSR count). The molecule has 0 saturated carbocycles. The van der Waals surface area contributed by atoms with Gasteiger partial charge in [-0.25, -0.2) is 0 Å². The molecule has 0 aliphatic carbocycles. The topological polar surface area (TPSA) is 93.4 Å². The molecular weight excluding hydrogens is 246 g/mol. The standard InChI is InChI=1S/C13H13N3O3/c14-5-9-1-3-11(4-2-9)16-8-10(13(18)19)6-15-7-12(16)17/h1-4,10,15H,6-8H2,(H,18,19). The molecule has 6 heteroatoms. The average molecular weight is 259 g/mol. The summed E-state index contributed by atoms with van der Waals surface area (Å²) < 4.78 is 0. The first-order valence-corrected chi connectivity index (χ1v) is 5.86. The molecule has 1 aromatic carbocycles. The summed E-state index contributed by atoms with van der Waals surface area (Å²) in [6.07, 6.45) is 0. The van der Waals surface area contributed by atoms with E-state index in [9.17, 15) is 9.59 Å². The van der Waals surface area contributed by atoms with Crippen molar-refractivity contribution in [3.8, 4) is 6.07 Å². The number of aliphatic carboxylic acids is 1. The third-order valence-corrected chi connectivity index (χ3v) is 3.03. The molecule has 19 heavy (non-hydrogen) atoms. The zero-order chi connectivity index (χ0) is 13.8. The first-order chi connectivity index (χ1) is 9.11. The maximum Gasteiger partial charge on any atom is 0.309 e. The Bertz CT molecular complexity index is 533. The van der Waals surface area contributed by atoms with Crippen molar-refractivity contribution in [1.29, 1.82) is 5.26 Å². The second-order valence-corrected chi connectivity index (χ2v) is 4.33. The summed E-state index contributed by atoms with van der Waals surface area (Å²) >= 11 is 0. The zero-order valence-corrected chi connectivity index (χ0v) is 10.2. The van der Waals surface area contributed by atoms with E-state index in [1.54, 1.807) is 24.3 Å². The highest BCUT2D eigenvalue weighted by Crippen LogP contribution is 2.18. The van der Waals surface area contributed by atoms with Gasteiger partial charge in [0.25, 0.3) is 0 Å². The van der Waals surface area contributed by atoms with Gasteiger partial charge in [-0.05, 0) is 24.3 Å². The average Bonchev–Trinajstić information content (AvgIpc) is 2.61. The number of benzene rings is 1. The highest BCUT2D eigenvalue weighted by atomic mass is 16.4. The fourth-order valence-electron chi connectivity index (χ4n) is 1.97. The van der Waals surface area contributed by atoms with Crippen molar-refractivity contribution >= 4 is 17.6 Å². The van der Waals surface area contributed by atoms with E-state index in [1.807, 2.05) is 6.07 Å². The van der Waals surface area contributed by atoms with Crippen LogP contribution in [0.3, 0.4) is 0 Å². The Morgan fingerprint density at radius 1 is 1.42 bits per heavy atom. The minimum absolute atomic E-state index is 0.115. The number of carbonyl (C=O) groups excluding carboxylic acids is 1. The second kappa shape index (κ2) is 5.50. The van der Waals surface area contributed by atoms with E-state index in [-0.39, 0.29) is 25.5 Å². The molecule has 1 unspecified atom stereocenters. The molecule has 0 bridgehead atoms. The van der Waals surface area contributed by atoms with Gasteiger partial charge in [-0.15, -0.1) is 0 Å². The van der Waals surface area contributed by atoms with E-state index in [4.69, 9.17) is 10.4 Å². The molecule has 1 fully saturated rings. The predicted octanol–water partition coefficient (Wildman–Crippen LogP) is 0.195. The number of hydrogen-bond donors (Lipinski definition) is 2. The molecule has 1 heterocycles. The maximum atomic E-state index is 11.9. The van der Waals surface area contributed by atoms with Crippen LogP contribution in [0.15, 0.2) is 24.3 Å². The number of nitrogens with one attached hydrogen (secondary N) is 1. The third-order valence-electron chi connectivity index (χ3n) is 3.03. The summed E-state index contributed by atoms with van der Waals surface area (Å²) in [6, 6.07) is 8.52. The number of nitriles is 1. The smallest absolute Gasteiger partial charge is 0.309 e. The molecule has 2 N–H and O–H groups in total. The predicted molar refractivity (Wildman–Crippen MR) is 67.5 cm³/mol. The van der Waals surface area contributed by atoms with Gasteiger partial charge >= 0.3 is 5.97 Å². The van der Waals surface area contributed by atoms with Crippen molar-refractivity contribution < 1.29 is 14.7 Å². The summed E-state index contributed by atoms with van der Waals surface area (Å²) in [5, 5.41) is 20.6. The van der Waals surface area contributed by atoms with Crippen LogP contribution in [0.5, 0.6) is 0 Å². The van der Waals surface area contributed by atoms with Crippen molar-refractivity contribution in [2.24, 2.45) is 5.92 Å². The van der Waals surface area contributed by atoms with Gasteiger partial charge < -0.3 is 15.3 Å². The minimum atomic E-state index is -0.930. The SMILES string of the molecule is N#Cc1ccc(N2CC(C(=O)O)CNCC2=O)cc1. The van der Waals surface area contributed by atoms with Crippen molar-refractivity contribution in [1.82, 2.24) is 5.32 Å². The van der Waals surface area contributed by atoms with Crippen LogP contribution in [-0.2, 0) is 9.59 Å². The van der Waals surface area contributed by atoms with Crippen LogP contribution in [0.25, 0.3) is 0 Å². The summed E-state index contributed by atoms with van der Waals surface area (Å²) in [6.45, 7) is 0.519. The molecular formula is C13H13N3O3. The first kappa shape index (κ1) is 13.1. The lowest BCUT2D eigenvalue weighted by Gasteiger charge is -2.22. The van der Waals surface area contributed by atoms with E-state index in [0.29, 0.717) is 11.3 Å². The Hall–Kier alpha value is -2.39. The van der Waals surface area contributed by atoms with Gasteiger partial charge in [0.15, 0.2) is 0 Å². The van der Waals surface area contributed by atoms with Crippen LogP contribution in [0.2, 0.25) is 0 Å². The molecule has 1 aromatic rings. The minimum Gasteiger partial charge on any atom is -0.481 e. The van der Waals surface area contributed by atoms with Crippen LogP contribution < -0.4 is 10.2 Å². The Morgan fingerprint density at radius 3 is 2.68 bits per heavy atom. The molecule has 1 aliphatic heterocycles. The lowest BCUT2D eigenvalue weighted by Crippen LogP contribution is -2.37. The Labute approximate surface area is 110 Å². The molecule has 1 aliphatic rings. The quantitative estimate of drug-likeness (QED) is 0.791. The number of nitrogens with zero attached hydrogens (tertiary/aromatic N) is 2. The second-order valence-electron chi connectivity index (χ2n) is 4.33. The third kappa shape index (κ3) is 2.89. The normalized spacial score (nSPS) is 19.6. The van der Waals surface area contributed by atoms with Crippen LogP contribution in [0, 0.1) is 17.2 Å². The molecule has 1 saturated heterocycles. The van der Waals surface area contributed by atoms with Crippen molar-refractivity contribution in [3.63, 3.8) is 0 Å². The van der Waals surface area contributed by atoms with Crippen LogP contribution in [0.4, 0.5) is 5.69 Å². The summed E-state index contributed by atoms with van der Waals surface area (Å²) in [5.41, 5.74) is 1.11. The zero-order valence-electron chi connectivity index (χ0n) is 10.2. The first-order valence-electron chi connectivity index (χ1n) is 5.86. The molecule has 1 atom stereocenters. The van der Waals surface area contributed by atoms with Crippen molar-refractivity contribution in [3.05, 3.63) is 29.8 Å². The van der Waals surface area contributed by atoms with Crippen molar-refractivity contribution in [2.75, 3.05) is 24.5 Å². The molecule has 6 nitrogen and oxygen atoms in total. The van der Waals surface area contributed by atoms with E-state index >= 15 is 0 Å². The number of carboxylic acids is 1. The molecule has 0 spiro atoms. The van der Waals surface area contributed by atoms with Gasteiger partial charge in [-0.3, -0.25) is 9.59 Å². The van der Waals surface area contributed by atoms with Gasteiger partial charge in [0, 0.05) is 18.8 Å². The molecule has 0 aromatic heterocycles. The maximum absolute atomic E-state index is 11.9. The number of anilines is 1. The lowest BCUT2D eigenvalue weighted by molar-refractivity contribution is -0.141. The van der Waals surface area contributed by atoms with Gasteiger partial charge in [-0.1, -0.05) is 0 Å². The summed E-state index contributed by atoms with van der Waals surface area (Å²) in [4.78, 5) is 24.5. The van der Waals surface area contributed by atoms with Gasteiger partial charge in [0.05, 0.1) is 24.1 Å². The van der Waals surface area contributed by atoms with Gasteiger partial charge in [0.1, 0.15) is 0 Å². The Balaban J connectivity index is 2.25. The summed E-state index contributed by atoms with van der Waals surface area (Å²) in [7, 11) is 0. The van der Waals surface area contributed by atoms with Crippen LogP contribution >= 0.6 is 0 Å². The molecule has 1 amide bonds. The Morgan fingerprint density at radius 2 is 2.11 bits per heavy atom. The number of hydrogen-bond acceptors (Lipinski definition) is 4. The van der Waals surface area contributed by atoms with E-state index < -0.39 is 11.9 Å². The summed E-state index contributed by atoms with van der Waals surface area (Å²) in [5.74, 6) is -1.74. The van der Waals surface area contributed by atoms with Crippen LogP contribution in [-0.4, -0.2) is 36.6 Å². The van der Waals surface area contributed by atoms with Crippen molar-refractivity contribution in [2.45, 2.75) is 0 Å². The fraction of sp³-hybridized carbons (Fsp3) is 0.308. The molecule has 0 radical (unpaired) electrons. The monoisotopic (exact) mass is 259 g/mol. The number of amides is 1. The number of carbonyl (C=O) groups is 2. The van der Waals surface area contributed by atoms with E-state index in [2.05, 4.69) is 5.32 Å². The van der Waals surface area contributed by atoms with E-state index in [1.165, 1.54) is 4.90 Å². The molecule has 98 valence electrons. The number of rotatable bonds is 2. The largest absolute Gasteiger partial charge is 0.481 e. The Kier molecular flexibility index (Phi) is 3.78. The highest BCUT2D eigenvalue weighted by Gasteiger charge is 2.28.